The van der Waals surface area contributed by atoms with Gasteiger partial charge < -0.3 is 10.1 Å². The van der Waals surface area contributed by atoms with E-state index in [0.29, 0.717) is 0 Å². The second-order valence-electron chi connectivity index (χ2n) is 4.74. The lowest BCUT2D eigenvalue weighted by Gasteiger charge is -2.28. The number of nitrogens with one attached hydrogen (secondary N) is 1. The van der Waals surface area contributed by atoms with E-state index in [-0.39, 0.29) is 22.7 Å². The second-order valence-corrected chi connectivity index (χ2v) is 5.08. The van der Waals surface area contributed by atoms with E-state index in [2.05, 4.69) is 15.3 Å². The maximum atomic E-state index is 13.5. The van der Waals surface area contributed by atoms with E-state index in [0.717, 1.165) is 38.5 Å². The first-order valence-electron chi connectivity index (χ1n) is 5.75. The van der Waals surface area contributed by atoms with Crippen LogP contribution in [0.15, 0.2) is 6.20 Å². The summed E-state index contributed by atoms with van der Waals surface area (Å²) in [4.78, 5) is 7.45. The van der Waals surface area contributed by atoms with Crippen LogP contribution < -0.4 is 5.32 Å². The summed E-state index contributed by atoms with van der Waals surface area (Å²) in [6.45, 7) is 0.832. The van der Waals surface area contributed by atoms with Gasteiger partial charge in [-0.3, -0.25) is 0 Å². The number of anilines is 1. The zero-order valence-electron chi connectivity index (χ0n) is 9.25. The van der Waals surface area contributed by atoms with Crippen molar-refractivity contribution >= 4 is 17.4 Å². The number of aromatic nitrogens is 2. The third-order valence-electron chi connectivity index (χ3n) is 3.41. The van der Waals surface area contributed by atoms with Crippen molar-refractivity contribution in [3.05, 3.63) is 17.3 Å². The topological polar surface area (TPSA) is 50.3 Å². The van der Waals surface area contributed by atoms with E-state index in [4.69, 9.17) is 16.3 Å². The molecule has 4 nitrogen and oxygen atoms in total. The molecule has 2 atom stereocenters. The van der Waals surface area contributed by atoms with Crippen LogP contribution in [0.25, 0.3) is 0 Å². The van der Waals surface area contributed by atoms with Crippen LogP contribution in [0.2, 0.25) is 5.28 Å². The average Bonchev–Trinajstić information content (AvgIpc) is 3.03. The molecule has 0 bridgehead atoms. The molecule has 1 aliphatic carbocycles. The van der Waals surface area contributed by atoms with Gasteiger partial charge in [0.2, 0.25) is 5.28 Å². The largest absolute Gasteiger partial charge is 0.370 e. The maximum Gasteiger partial charge on any atom is 0.224 e. The molecule has 92 valence electrons. The summed E-state index contributed by atoms with van der Waals surface area (Å²) < 4.78 is 18.9. The molecule has 1 N–H and O–H groups in total. The van der Waals surface area contributed by atoms with Crippen LogP contribution in [0.1, 0.15) is 25.7 Å². The van der Waals surface area contributed by atoms with Crippen LogP contribution in [0.3, 0.4) is 0 Å². The van der Waals surface area contributed by atoms with E-state index in [1.165, 1.54) is 0 Å². The minimum atomic E-state index is -0.467. The van der Waals surface area contributed by atoms with Crippen LogP contribution in [0, 0.1) is 5.82 Å². The van der Waals surface area contributed by atoms with Gasteiger partial charge in [0.15, 0.2) is 11.6 Å². The third kappa shape index (κ3) is 2.35. The normalized spacial score (nSPS) is 31.5. The summed E-state index contributed by atoms with van der Waals surface area (Å²) in [5, 5.41) is 3.15. The van der Waals surface area contributed by atoms with E-state index in [1.807, 2.05) is 0 Å². The first-order valence-corrected chi connectivity index (χ1v) is 6.13. The van der Waals surface area contributed by atoms with Crippen molar-refractivity contribution in [2.24, 2.45) is 0 Å². The van der Waals surface area contributed by atoms with Gasteiger partial charge in [-0.15, -0.1) is 0 Å². The van der Waals surface area contributed by atoms with Gasteiger partial charge in [0.05, 0.1) is 18.4 Å². The molecule has 1 aromatic heterocycles. The number of nitrogens with zero attached hydrogens (tertiary/aromatic N) is 2. The number of hydrogen-bond donors (Lipinski definition) is 1. The molecule has 0 amide bonds. The van der Waals surface area contributed by atoms with Crippen molar-refractivity contribution < 1.29 is 9.13 Å². The van der Waals surface area contributed by atoms with E-state index in [9.17, 15) is 4.39 Å². The van der Waals surface area contributed by atoms with Crippen molar-refractivity contribution in [1.29, 1.82) is 0 Å². The maximum absolute atomic E-state index is 13.5. The molecule has 0 aromatic carbocycles. The standard InChI is InChI=1S/C11H13ClFN3O/c12-10-14-5-8(13)9(16-10)15-7-2-1-3-11(4-7)6-17-11/h5,7H,1-4,6H2,(H,14,15,16)/t7-,11-/m0/s1. The highest BCUT2D eigenvalue weighted by Crippen LogP contribution is 2.42. The lowest BCUT2D eigenvalue weighted by atomic mass is 9.86. The highest BCUT2D eigenvalue weighted by Gasteiger charge is 2.48. The van der Waals surface area contributed by atoms with Gasteiger partial charge in [-0.1, -0.05) is 0 Å². The van der Waals surface area contributed by atoms with Crippen molar-refractivity contribution in [2.75, 3.05) is 11.9 Å². The van der Waals surface area contributed by atoms with Gasteiger partial charge in [-0.25, -0.2) is 9.37 Å². The van der Waals surface area contributed by atoms with Crippen LogP contribution in [0.5, 0.6) is 0 Å². The molecule has 17 heavy (non-hydrogen) atoms. The number of hydrogen-bond acceptors (Lipinski definition) is 4. The van der Waals surface area contributed by atoms with E-state index >= 15 is 0 Å². The van der Waals surface area contributed by atoms with Crippen LogP contribution in [0.4, 0.5) is 10.2 Å². The SMILES string of the molecule is Fc1cnc(Cl)nc1N[C@H]1CCC[C@@]2(CO2)C1. The second kappa shape index (κ2) is 4.07. The summed E-state index contributed by atoms with van der Waals surface area (Å²) in [5.41, 5.74) is 0.0587. The minimum absolute atomic E-state index is 0.0575. The van der Waals surface area contributed by atoms with Crippen molar-refractivity contribution in [1.82, 2.24) is 9.97 Å². The first-order chi connectivity index (χ1) is 8.17. The van der Waals surface area contributed by atoms with Crippen molar-refractivity contribution in [2.45, 2.75) is 37.3 Å². The fourth-order valence-electron chi connectivity index (χ4n) is 2.45. The monoisotopic (exact) mass is 257 g/mol. The minimum Gasteiger partial charge on any atom is -0.370 e. The molecule has 1 saturated carbocycles. The Bertz CT molecular complexity index is 439. The molecule has 2 heterocycles. The van der Waals surface area contributed by atoms with Crippen molar-refractivity contribution in [3.63, 3.8) is 0 Å². The van der Waals surface area contributed by atoms with Gasteiger partial charge in [0.25, 0.3) is 0 Å². The zero-order valence-corrected chi connectivity index (χ0v) is 10.0. The van der Waals surface area contributed by atoms with Gasteiger partial charge in [-0.05, 0) is 37.3 Å². The number of epoxide rings is 1. The lowest BCUT2D eigenvalue weighted by Crippen LogP contribution is -2.32. The summed E-state index contributed by atoms with van der Waals surface area (Å²) in [6.07, 6.45) is 5.21. The Balaban J connectivity index is 1.71. The zero-order chi connectivity index (χ0) is 11.9. The molecule has 3 rings (SSSR count). The molecule has 1 saturated heterocycles. The molecule has 0 unspecified atom stereocenters. The predicted octanol–water partition coefficient (Wildman–Crippen LogP) is 2.39. The fraction of sp³-hybridized carbons (Fsp3) is 0.636. The molecular weight excluding hydrogens is 245 g/mol. The quantitative estimate of drug-likeness (QED) is 0.653. The summed E-state index contributed by atoms with van der Waals surface area (Å²) in [7, 11) is 0. The Morgan fingerprint density at radius 1 is 1.59 bits per heavy atom. The summed E-state index contributed by atoms with van der Waals surface area (Å²) in [5.74, 6) is -0.279. The number of rotatable bonds is 2. The Hall–Kier alpha value is -0.940. The molecule has 0 radical (unpaired) electrons. The van der Waals surface area contributed by atoms with Crippen LogP contribution in [-0.2, 0) is 4.74 Å². The van der Waals surface area contributed by atoms with Gasteiger partial charge >= 0.3 is 0 Å². The van der Waals surface area contributed by atoms with Gasteiger partial charge in [0, 0.05) is 6.04 Å². The lowest BCUT2D eigenvalue weighted by molar-refractivity contribution is 0.226. The highest BCUT2D eigenvalue weighted by atomic mass is 35.5. The first kappa shape index (κ1) is 11.2. The molecular formula is C11H13ClFN3O. The van der Waals surface area contributed by atoms with Gasteiger partial charge in [0.1, 0.15) is 0 Å². The van der Waals surface area contributed by atoms with Gasteiger partial charge in [-0.2, -0.15) is 4.98 Å². The average molecular weight is 258 g/mol. The van der Waals surface area contributed by atoms with E-state index < -0.39 is 5.82 Å². The molecule has 1 aromatic rings. The van der Waals surface area contributed by atoms with Crippen molar-refractivity contribution in [3.8, 4) is 0 Å². The number of ether oxygens (including phenoxy) is 1. The van der Waals surface area contributed by atoms with Crippen LogP contribution in [-0.4, -0.2) is 28.2 Å². The third-order valence-corrected chi connectivity index (χ3v) is 3.59. The molecule has 2 aliphatic rings. The smallest absolute Gasteiger partial charge is 0.224 e. The Kier molecular flexibility index (Phi) is 2.67. The highest BCUT2D eigenvalue weighted by molar-refractivity contribution is 6.28. The molecule has 2 fully saturated rings. The number of halogens is 2. The summed E-state index contributed by atoms with van der Waals surface area (Å²) >= 11 is 5.65. The molecule has 6 heteroatoms. The summed E-state index contributed by atoms with van der Waals surface area (Å²) in [6, 6.07) is 0.201. The fourth-order valence-corrected chi connectivity index (χ4v) is 2.58. The van der Waals surface area contributed by atoms with Crippen LogP contribution >= 0.6 is 11.6 Å². The molecule has 1 aliphatic heterocycles. The predicted molar refractivity (Wildman–Crippen MR) is 61.6 cm³/mol. The molecule has 1 spiro atoms. The van der Waals surface area contributed by atoms with E-state index in [1.54, 1.807) is 0 Å². The Morgan fingerprint density at radius 2 is 2.41 bits per heavy atom. The Morgan fingerprint density at radius 3 is 3.18 bits per heavy atom. The Labute approximate surface area is 104 Å².